The molecular weight excluding hydrogens is 428 g/mol. The first-order valence-electron chi connectivity index (χ1n) is 10.8. The molecule has 1 aromatic heterocycles. The van der Waals surface area contributed by atoms with Crippen LogP contribution in [0.1, 0.15) is 26.3 Å². The van der Waals surface area contributed by atoms with Crippen molar-refractivity contribution in [3.05, 3.63) is 60.2 Å². The van der Waals surface area contributed by atoms with Gasteiger partial charge in [-0.15, -0.1) is 6.42 Å². The van der Waals surface area contributed by atoms with Crippen LogP contribution in [0.15, 0.2) is 64.7 Å². The van der Waals surface area contributed by atoms with Gasteiger partial charge in [0.05, 0.1) is 23.5 Å². The van der Waals surface area contributed by atoms with Gasteiger partial charge in [0.15, 0.2) is 0 Å². The Kier molecular flexibility index (Phi) is 6.46. The van der Waals surface area contributed by atoms with Crippen LogP contribution in [0.2, 0.25) is 0 Å². The normalized spacial score (nSPS) is 15.0. The monoisotopic (exact) mass is 454 g/mol. The summed E-state index contributed by atoms with van der Waals surface area (Å²) in [6.45, 7) is 8.40. The van der Waals surface area contributed by atoms with Gasteiger partial charge in [-0.25, -0.2) is 15.0 Å². The Morgan fingerprint density at radius 2 is 1.97 bits per heavy atom. The fourth-order valence-electron chi connectivity index (χ4n) is 3.37. The number of allylic oxidation sites excluding steroid dienone is 1. The first-order chi connectivity index (χ1) is 16.3. The van der Waals surface area contributed by atoms with Crippen LogP contribution in [0.4, 0.5) is 17.2 Å². The number of amidine groups is 1. The van der Waals surface area contributed by atoms with Crippen LogP contribution in [0.3, 0.4) is 0 Å². The van der Waals surface area contributed by atoms with E-state index in [1.54, 1.807) is 12.5 Å². The van der Waals surface area contributed by atoms with E-state index in [1.807, 2.05) is 64.1 Å². The van der Waals surface area contributed by atoms with E-state index in [2.05, 4.69) is 36.5 Å². The summed E-state index contributed by atoms with van der Waals surface area (Å²) in [6.07, 6.45) is 9.65. The maximum atomic E-state index is 5.85. The van der Waals surface area contributed by atoms with E-state index in [0.29, 0.717) is 24.2 Å². The Labute approximate surface area is 198 Å². The number of nitrogens with zero attached hydrogens (tertiary/aromatic N) is 4. The molecule has 2 N–H and O–H groups in total. The summed E-state index contributed by atoms with van der Waals surface area (Å²) in [5.41, 5.74) is 3.27. The fraction of sp³-hybridized carbons (Fsp3) is 0.231. The van der Waals surface area contributed by atoms with Gasteiger partial charge in [-0.3, -0.25) is 4.99 Å². The maximum absolute atomic E-state index is 5.85. The van der Waals surface area contributed by atoms with Crippen molar-refractivity contribution in [3.8, 4) is 18.1 Å². The molecule has 0 saturated carbocycles. The largest absolute Gasteiger partial charge is 0.462 e. The predicted molar refractivity (Wildman–Crippen MR) is 137 cm³/mol. The second-order valence-electron chi connectivity index (χ2n) is 8.49. The van der Waals surface area contributed by atoms with Gasteiger partial charge < -0.3 is 20.1 Å². The topological polar surface area (TPSA) is 93.0 Å². The predicted octanol–water partition coefficient (Wildman–Crippen LogP) is 5.20. The molecule has 0 amide bonds. The zero-order valence-corrected chi connectivity index (χ0v) is 19.6. The molecule has 8 nitrogen and oxygen atoms in total. The SMILES string of the molecule is C#CC=N/C=C(\C)Oc1ccc(Nc2ncnc3ccc(NC4=NC(C)(C)CO4)cc23)cc1C. The zero-order chi connectivity index (χ0) is 24.1. The van der Waals surface area contributed by atoms with Crippen LogP contribution < -0.4 is 15.4 Å². The number of anilines is 3. The molecular formula is C26H26N6O2. The Morgan fingerprint density at radius 3 is 2.71 bits per heavy atom. The quantitative estimate of drug-likeness (QED) is 0.302. The summed E-state index contributed by atoms with van der Waals surface area (Å²) in [4.78, 5) is 17.4. The summed E-state index contributed by atoms with van der Waals surface area (Å²) in [6, 6.07) is 12.2. The molecule has 0 fully saturated rings. The molecule has 2 aromatic carbocycles. The van der Waals surface area contributed by atoms with Crippen molar-refractivity contribution >= 4 is 40.3 Å². The highest BCUT2D eigenvalue weighted by atomic mass is 16.5. The molecule has 4 rings (SSSR count). The van der Waals surface area contributed by atoms with E-state index in [9.17, 15) is 0 Å². The van der Waals surface area contributed by atoms with E-state index in [4.69, 9.17) is 15.9 Å². The number of nitrogens with one attached hydrogen (secondary N) is 2. The number of terminal acetylenes is 1. The summed E-state index contributed by atoms with van der Waals surface area (Å²) in [5.74, 6) is 4.40. The van der Waals surface area contributed by atoms with Crippen LogP contribution in [-0.4, -0.2) is 34.4 Å². The molecule has 2 heterocycles. The highest BCUT2D eigenvalue weighted by Crippen LogP contribution is 2.29. The van der Waals surface area contributed by atoms with E-state index in [0.717, 1.165) is 33.6 Å². The van der Waals surface area contributed by atoms with Crippen LogP contribution in [0.5, 0.6) is 5.75 Å². The minimum absolute atomic E-state index is 0.230. The van der Waals surface area contributed by atoms with Gasteiger partial charge in [-0.1, -0.05) is 5.92 Å². The Hall–Kier alpha value is -4.38. The van der Waals surface area contributed by atoms with Gasteiger partial charge in [-0.2, -0.15) is 0 Å². The lowest BCUT2D eigenvalue weighted by molar-refractivity contribution is 0.278. The summed E-state index contributed by atoms with van der Waals surface area (Å²) in [7, 11) is 0. The minimum atomic E-state index is -0.230. The molecule has 0 radical (unpaired) electrons. The van der Waals surface area contributed by atoms with Gasteiger partial charge in [0.25, 0.3) is 6.02 Å². The van der Waals surface area contributed by atoms with Gasteiger partial charge in [0, 0.05) is 16.8 Å². The molecule has 34 heavy (non-hydrogen) atoms. The molecule has 8 heteroatoms. The van der Waals surface area contributed by atoms with Crippen molar-refractivity contribution in [3.63, 3.8) is 0 Å². The molecule has 172 valence electrons. The number of rotatable bonds is 6. The Bertz CT molecular complexity index is 1350. The number of hydrogen-bond donors (Lipinski definition) is 2. The first-order valence-corrected chi connectivity index (χ1v) is 10.8. The fourth-order valence-corrected chi connectivity index (χ4v) is 3.37. The molecule has 0 atom stereocenters. The number of aryl methyl sites for hydroxylation is 1. The second-order valence-corrected chi connectivity index (χ2v) is 8.49. The van der Waals surface area contributed by atoms with Crippen LogP contribution in [0.25, 0.3) is 10.9 Å². The Morgan fingerprint density at radius 1 is 1.18 bits per heavy atom. The van der Waals surface area contributed by atoms with Crippen molar-refractivity contribution < 1.29 is 9.47 Å². The number of hydrogen-bond acceptors (Lipinski definition) is 8. The lowest BCUT2D eigenvalue weighted by atomic mass is 10.1. The summed E-state index contributed by atoms with van der Waals surface area (Å²) < 4.78 is 11.5. The van der Waals surface area contributed by atoms with Crippen molar-refractivity contribution in [2.75, 3.05) is 17.2 Å². The van der Waals surface area contributed by atoms with Crippen molar-refractivity contribution in [2.45, 2.75) is 33.2 Å². The van der Waals surface area contributed by atoms with E-state index in [-0.39, 0.29) is 5.54 Å². The van der Waals surface area contributed by atoms with Gasteiger partial charge in [0.1, 0.15) is 30.3 Å². The lowest BCUT2D eigenvalue weighted by Crippen LogP contribution is -2.17. The molecule has 0 bridgehead atoms. The van der Waals surface area contributed by atoms with Crippen molar-refractivity contribution in [1.82, 2.24) is 9.97 Å². The molecule has 1 aliphatic rings. The average molecular weight is 455 g/mol. The van der Waals surface area contributed by atoms with Gasteiger partial charge in [0.2, 0.25) is 0 Å². The summed E-state index contributed by atoms with van der Waals surface area (Å²) in [5, 5.41) is 7.49. The summed E-state index contributed by atoms with van der Waals surface area (Å²) >= 11 is 0. The van der Waals surface area contributed by atoms with Crippen LogP contribution in [-0.2, 0) is 4.74 Å². The lowest BCUT2D eigenvalue weighted by Gasteiger charge is -2.13. The van der Waals surface area contributed by atoms with Crippen LogP contribution in [0, 0.1) is 19.3 Å². The third-order valence-corrected chi connectivity index (χ3v) is 4.97. The highest BCUT2D eigenvalue weighted by molar-refractivity contribution is 5.97. The number of fused-ring (bicyclic) bond motifs is 1. The molecule has 0 spiro atoms. The zero-order valence-electron chi connectivity index (χ0n) is 19.6. The number of ether oxygens (including phenoxy) is 2. The van der Waals surface area contributed by atoms with Gasteiger partial charge in [-0.05, 0) is 69.7 Å². The van der Waals surface area contributed by atoms with E-state index < -0.39 is 0 Å². The second kappa shape index (κ2) is 9.63. The maximum Gasteiger partial charge on any atom is 0.289 e. The molecule has 1 aliphatic heterocycles. The average Bonchev–Trinajstić information content (AvgIpc) is 3.14. The van der Waals surface area contributed by atoms with E-state index >= 15 is 0 Å². The molecule has 0 saturated heterocycles. The van der Waals surface area contributed by atoms with Gasteiger partial charge >= 0.3 is 0 Å². The third kappa shape index (κ3) is 5.51. The first kappa shape index (κ1) is 22.8. The van der Waals surface area contributed by atoms with Crippen molar-refractivity contribution in [1.29, 1.82) is 0 Å². The standard InChI is InChI=1S/C26H26N6O2/c1-6-11-27-14-18(3)34-23-10-8-19(12-17(23)2)30-24-21-13-20(7-9-22(21)28-16-29-24)31-25-32-26(4,5)15-33-25/h1,7-14,16H,15H2,2-5H3,(H,31,32)(H,28,29,30)/b18-14+,27-11?. The number of aromatic nitrogens is 2. The van der Waals surface area contributed by atoms with E-state index in [1.165, 1.54) is 6.21 Å². The molecule has 3 aromatic rings. The highest BCUT2D eigenvalue weighted by Gasteiger charge is 2.26. The number of benzene rings is 2. The van der Waals surface area contributed by atoms with Crippen molar-refractivity contribution in [2.24, 2.45) is 9.98 Å². The Balaban J connectivity index is 1.55. The van der Waals surface area contributed by atoms with Crippen LogP contribution >= 0.6 is 0 Å². The molecule has 0 unspecified atom stereocenters. The molecule has 0 aliphatic carbocycles. The smallest absolute Gasteiger partial charge is 0.289 e. The third-order valence-electron chi connectivity index (χ3n) is 4.97. The minimum Gasteiger partial charge on any atom is -0.462 e. The number of aliphatic imine (C=N–C) groups is 2.